The van der Waals surface area contributed by atoms with Crippen LogP contribution in [0.1, 0.15) is 23.5 Å². The molecular weight excluding hydrogens is 273 g/mol. The van der Waals surface area contributed by atoms with Gasteiger partial charge in [-0.3, -0.25) is 4.79 Å². The predicted molar refractivity (Wildman–Crippen MR) is 68.8 cm³/mol. The Balaban J connectivity index is 2.41. The van der Waals surface area contributed by atoms with E-state index in [4.69, 9.17) is 0 Å². The van der Waals surface area contributed by atoms with E-state index in [1.54, 1.807) is 26.0 Å². The van der Waals surface area contributed by atoms with Crippen molar-refractivity contribution in [2.45, 2.75) is 13.8 Å². The second-order valence-corrected chi connectivity index (χ2v) is 5.52. The minimum Gasteiger partial charge on any atom is -0.293 e. The summed E-state index contributed by atoms with van der Waals surface area (Å²) >= 11 is 1.14. The van der Waals surface area contributed by atoms with Crippen LogP contribution in [0, 0.1) is 23.4 Å². The predicted octanol–water partition coefficient (Wildman–Crippen LogP) is 4.67. The van der Waals surface area contributed by atoms with Crippen LogP contribution in [0.4, 0.5) is 13.2 Å². The van der Waals surface area contributed by atoms with Gasteiger partial charge < -0.3 is 0 Å². The second kappa shape index (κ2) is 5.17. The van der Waals surface area contributed by atoms with Crippen LogP contribution in [0.3, 0.4) is 0 Å². The molecule has 1 heterocycles. The topological polar surface area (TPSA) is 17.1 Å². The Hall–Kier alpha value is -1.62. The number of thiophene rings is 1. The van der Waals surface area contributed by atoms with Crippen molar-refractivity contribution in [3.05, 3.63) is 46.6 Å². The lowest BCUT2D eigenvalue weighted by atomic mass is 10.1. The van der Waals surface area contributed by atoms with Gasteiger partial charge >= 0.3 is 0 Å². The summed E-state index contributed by atoms with van der Waals surface area (Å²) in [5, 5.41) is 0. The molecule has 0 amide bonds. The van der Waals surface area contributed by atoms with E-state index >= 15 is 0 Å². The molecule has 0 spiro atoms. The van der Waals surface area contributed by atoms with Gasteiger partial charge in [-0.25, -0.2) is 13.2 Å². The summed E-state index contributed by atoms with van der Waals surface area (Å²) in [6.07, 6.45) is 0. The molecule has 0 radical (unpaired) electrons. The molecule has 100 valence electrons. The van der Waals surface area contributed by atoms with E-state index in [9.17, 15) is 18.0 Å². The summed E-state index contributed by atoms with van der Waals surface area (Å²) in [4.78, 5) is 12.8. The summed E-state index contributed by atoms with van der Waals surface area (Å²) in [5.41, 5.74) is 0.226. The van der Waals surface area contributed by atoms with Gasteiger partial charge in [0.25, 0.3) is 0 Å². The second-order valence-electron chi connectivity index (χ2n) is 4.44. The Morgan fingerprint density at radius 1 is 1.11 bits per heavy atom. The quantitative estimate of drug-likeness (QED) is 0.591. The lowest BCUT2D eigenvalue weighted by Gasteiger charge is -2.01. The number of carbonyl (C=O) groups excluding carboxylic acids is 1. The monoisotopic (exact) mass is 284 g/mol. The maximum absolute atomic E-state index is 13.1. The van der Waals surface area contributed by atoms with Crippen LogP contribution >= 0.6 is 11.3 Å². The standard InChI is InChI=1S/C14H11F3OS/c1-7(2)14(18)12-4-3-11(19-12)8-5-9(15)13(17)10(16)6-8/h3-7H,1-2H3. The van der Waals surface area contributed by atoms with Gasteiger partial charge in [-0.15, -0.1) is 11.3 Å². The third-order valence-electron chi connectivity index (χ3n) is 2.64. The highest BCUT2D eigenvalue weighted by atomic mass is 32.1. The van der Waals surface area contributed by atoms with Crippen LogP contribution < -0.4 is 0 Å². The molecular formula is C14H11F3OS. The minimum atomic E-state index is -1.49. The van der Waals surface area contributed by atoms with Crippen LogP contribution in [0.2, 0.25) is 0 Å². The van der Waals surface area contributed by atoms with Crippen LogP contribution in [-0.4, -0.2) is 5.78 Å². The van der Waals surface area contributed by atoms with Crippen molar-refractivity contribution in [1.29, 1.82) is 0 Å². The Bertz CT molecular complexity index is 608. The molecule has 0 atom stereocenters. The number of hydrogen-bond donors (Lipinski definition) is 0. The summed E-state index contributed by atoms with van der Waals surface area (Å²) < 4.78 is 39.1. The average Bonchev–Trinajstić information content (AvgIpc) is 2.83. The molecule has 5 heteroatoms. The highest BCUT2D eigenvalue weighted by Crippen LogP contribution is 2.31. The number of rotatable bonds is 3. The van der Waals surface area contributed by atoms with Crippen molar-refractivity contribution < 1.29 is 18.0 Å². The third-order valence-corrected chi connectivity index (χ3v) is 3.79. The van der Waals surface area contributed by atoms with Gasteiger partial charge in [-0.1, -0.05) is 13.8 Å². The first kappa shape index (κ1) is 13.8. The summed E-state index contributed by atoms with van der Waals surface area (Å²) in [5.74, 6) is -4.13. The van der Waals surface area contributed by atoms with E-state index < -0.39 is 17.5 Å². The van der Waals surface area contributed by atoms with Gasteiger partial charge in [-0.2, -0.15) is 0 Å². The molecule has 0 bridgehead atoms. The van der Waals surface area contributed by atoms with Gasteiger partial charge in [0.1, 0.15) is 0 Å². The SMILES string of the molecule is CC(C)C(=O)c1ccc(-c2cc(F)c(F)c(F)c2)s1. The molecule has 0 aliphatic heterocycles. The molecule has 0 aliphatic carbocycles. The number of halogens is 3. The van der Waals surface area contributed by atoms with Crippen LogP contribution in [-0.2, 0) is 0 Å². The van der Waals surface area contributed by atoms with E-state index in [2.05, 4.69) is 0 Å². The third kappa shape index (κ3) is 2.71. The van der Waals surface area contributed by atoms with Gasteiger partial charge in [-0.05, 0) is 29.8 Å². The summed E-state index contributed by atoms with van der Waals surface area (Å²) in [6.45, 7) is 3.55. The highest BCUT2D eigenvalue weighted by molar-refractivity contribution is 7.17. The Morgan fingerprint density at radius 2 is 1.68 bits per heavy atom. The van der Waals surface area contributed by atoms with Crippen molar-refractivity contribution >= 4 is 17.1 Å². The van der Waals surface area contributed by atoms with Gasteiger partial charge in [0, 0.05) is 10.8 Å². The Morgan fingerprint density at radius 3 is 2.21 bits per heavy atom. The first-order chi connectivity index (χ1) is 8.90. The maximum atomic E-state index is 13.1. The molecule has 0 unspecified atom stereocenters. The minimum absolute atomic E-state index is 0.0284. The van der Waals surface area contributed by atoms with Gasteiger partial charge in [0.05, 0.1) is 4.88 Å². The first-order valence-electron chi connectivity index (χ1n) is 5.69. The molecule has 0 fully saturated rings. The van der Waals surface area contributed by atoms with E-state index in [-0.39, 0.29) is 17.3 Å². The number of benzene rings is 1. The van der Waals surface area contributed by atoms with E-state index in [0.29, 0.717) is 9.75 Å². The molecule has 1 aromatic carbocycles. The molecule has 0 aliphatic rings. The molecule has 0 saturated carbocycles. The maximum Gasteiger partial charge on any atom is 0.194 e. The number of carbonyl (C=O) groups is 1. The van der Waals surface area contributed by atoms with E-state index in [1.165, 1.54) is 0 Å². The number of Topliss-reactive ketones (excluding diaryl/α,β-unsaturated/α-hetero) is 1. The number of hydrogen-bond acceptors (Lipinski definition) is 2. The van der Waals surface area contributed by atoms with Crippen LogP contribution in [0.25, 0.3) is 10.4 Å². The van der Waals surface area contributed by atoms with Crippen LogP contribution in [0.5, 0.6) is 0 Å². The molecule has 1 nitrogen and oxygen atoms in total. The van der Waals surface area contributed by atoms with Crippen molar-refractivity contribution in [2.24, 2.45) is 5.92 Å². The Kier molecular flexibility index (Phi) is 3.75. The van der Waals surface area contributed by atoms with Gasteiger partial charge in [0.15, 0.2) is 23.2 Å². The molecule has 2 aromatic rings. The van der Waals surface area contributed by atoms with E-state index in [1.807, 2.05) is 0 Å². The highest BCUT2D eigenvalue weighted by Gasteiger charge is 2.16. The summed E-state index contributed by atoms with van der Waals surface area (Å²) in [6, 6.07) is 5.07. The van der Waals surface area contributed by atoms with Crippen molar-refractivity contribution in [1.82, 2.24) is 0 Å². The lowest BCUT2D eigenvalue weighted by molar-refractivity contribution is 0.0943. The smallest absolute Gasteiger partial charge is 0.194 e. The average molecular weight is 284 g/mol. The zero-order valence-corrected chi connectivity index (χ0v) is 11.2. The van der Waals surface area contributed by atoms with Crippen molar-refractivity contribution in [3.8, 4) is 10.4 Å². The Labute approximate surface area is 112 Å². The fourth-order valence-electron chi connectivity index (χ4n) is 1.61. The molecule has 0 N–H and O–H groups in total. The zero-order valence-electron chi connectivity index (χ0n) is 10.3. The zero-order chi connectivity index (χ0) is 14.2. The van der Waals surface area contributed by atoms with Crippen molar-refractivity contribution in [2.75, 3.05) is 0 Å². The molecule has 1 aromatic heterocycles. The largest absolute Gasteiger partial charge is 0.293 e. The fraction of sp³-hybridized carbons (Fsp3) is 0.214. The molecule has 2 rings (SSSR count). The van der Waals surface area contributed by atoms with Crippen molar-refractivity contribution in [3.63, 3.8) is 0 Å². The van der Waals surface area contributed by atoms with E-state index in [0.717, 1.165) is 23.5 Å². The van der Waals surface area contributed by atoms with Gasteiger partial charge in [0.2, 0.25) is 0 Å². The lowest BCUT2D eigenvalue weighted by Crippen LogP contribution is -2.04. The first-order valence-corrected chi connectivity index (χ1v) is 6.50. The van der Waals surface area contributed by atoms with Crippen LogP contribution in [0.15, 0.2) is 24.3 Å². The summed E-state index contributed by atoms with van der Waals surface area (Å²) in [7, 11) is 0. The normalized spacial score (nSPS) is 11.1. The molecule has 0 saturated heterocycles. The molecule has 19 heavy (non-hydrogen) atoms. The number of ketones is 1. The fourth-order valence-corrected chi connectivity index (χ4v) is 2.69.